The van der Waals surface area contributed by atoms with E-state index in [-0.39, 0.29) is 11.4 Å². The van der Waals surface area contributed by atoms with E-state index in [1.54, 1.807) is 42.6 Å². The number of rotatable bonds is 6. The second-order valence-corrected chi connectivity index (χ2v) is 7.35. The number of nitrogens with zero attached hydrogens (tertiary/aromatic N) is 3. The molecule has 0 radical (unpaired) electrons. The van der Waals surface area contributed by atoms with Crippen LogP contribution in [0, 0.1) is 0 Å². The van der Waals surface area contributed by atoms with Crippen LogP contribution in [0.4, 0.5) is 0 Å². The molecule has 2 aromatic heterocycles. The van der Waals surface area contributed by atoms with Gasteiger partial charge in [-0.25, -0.2) is 13.4 Å². The van der Waals surface area contributed by atoms with E-state index in [1.807, 2.05) is 12.1 Å². The lowest BCUT2D eigenvalue weighted by Crippen LogP contribution is -2.37. The summed E-state index contributed by atoms with van der Waals surface area (Å²) >= 11 is 0. The minimum absolute atomic E-state index is 0.103. The fraction of sp³-hybridized carbons (Fsp3) is 0.111. The highest BCUT2D eigenvalue weighted by Crippen LogP contribution is 2.23. The van der Waals surface area contributed by atoms with E-state index >= 15 is 0 Å². The monoisotopic (exact) mass is 370 g/mol. The molecule has 0 bridgehead atoms. The summed E-state index contributed by atoms with van der Waals surface area (Å²) in [6, 6.07) is 16.9. The van der Waals surface area contributed by atoms with Crippen LogP contribution in [0.2, 0.25) is 0 Å². The second-order valence-electron chi connectivity index (χ2n) is 5.46. The van der Waals surface area contributed by atoms with Gasteiger partial charge in [0.25, 0.3) is 10.0 Å². The molecule has 26 heavy (non-hydrogen) atoms. The Kier molecular flexibility index (Phi) is 5.27. The van der Waals surface area contributed by atoms with E-state index < -0.39 is 10.0 Å². The lowest BCUT2D eigenvalue weighted by atomic mass is 10.2. The Balaban J connectivity index is 1.92. The number of benzene rings is 1. The van der Waals surface area contributed by atoms with Crippen LogP contribution in [-0.4, -0.2) is 29.9 Å². The summed E-state index contributed by atoms with van der Waals surface area (Å²) in [6.45, 7) is -0.103. The number of ether oxygens (including phenoxy) is 1. The molecule has 2 N–H and O–H groups in total. The topological polar surface area (TPSA) is 98.4 Å². The molecule has 1 aromatic carbocycles. The van der Waals surface area contributed by atoms with E-state index in [9.17, 15) is 8.42 Å². The summed E-state index contributed by atoms with van der Waals surface area (Å²) in [5.41, 5.74) is 1.68. The molecule has 0 unspecified atom stereocenters. The average molecular weight is 370 g/mol. The van der Waals surface area contributed by atoms with Gasteiger partial charge in [-0.05, 0) is 24.3 Å². The zero-order chi connectivity index (χ0) is 18.6. The summed E-state index contributed by atoms with van der Waals surface area (Å²) in [7, 11) is -2.29. The van der Waals surface area contributed by atoms with Gasteiger partial charge in [0.1, 0.15) is 5.75 Å². The van der Waals surface area contributed by atoms with Crippen molar-refractivity contribution in [3.63, 3.8) is 0 Å². The molecule has 8 heteroatoms. The number of nitrogens with two attached hydrogens (primary N) is 1. The maximum Gasteiger partial charge on any atom is 0.255 e. The van der Waals surface area contributed by atoms with Crippen LogP contribution in [0.1, 0.15) is 5.69 Å². The number of aromatic nitrogens is 2. The molecule has 0 fully saturated rings. The first-order valence-electron chi connectivity index (χ1n) is 7.79. The van der Waals surface area contributed by atoms with E-state index in [1.165, 1.54) is 19.2 Å². The fourth-order valence-corrected chi connectivity index (χ4v) is 3.45. The van der Waals surface area contributed by atoms with Crippen molar-refractivity contribution in [1.29, 1.82) is 0 Å². The molecule has 7 nitrogen and oxygen atoms in total. The molecule has 0 spiro atoms. The van der Waals surface area contributed by atoms with Gasteiger partial charge in [0.05, 0.1) is 35.6 Å². The third-order valence-corrected chi connectivity index (χ3v) is 5.30. The maximum absolute atomic E-state index is 12.6. The Morgan fingerprint density at radius 1 is 1.04 bits per heavy atom. The minimum atomic E-state index is -3.82. The molecule has 0 aliphatic heterocycles. The SMILES string of the molecule is COc1cc(CN(N)S(=O)(=O)c2ccccc2)nc(-c2ccccn2)c1. The quantitative estimate of drug-likeness (QED) is 0.528. The summed E-state index contributed by atoms with van der Waals surface area (Å²) < 4.78 is 31.2. The second kappa shape index (κ2) is 7.61. The number of hydrogen-bond acceptors (Lipinski definition) is 6. The van der Waals surface area contributed by atoms with Gasteiger partial charge in [-0.3, -0.25) is 10.8 Å². The molecule has 0 saturated heterocycles. The van der Waals surface area contributed by atoms with E-state index in [4.69, 9.17) is 10.6 Å². The van der Waals surface area contributed by atoms with Crippen molar-refractivity contribution >= 4 is 10.0 Å². The van der Waals surface area contributed by atoms with Gasteiger partial charge in [0.2, 0.25) is 0 Å². The van der Waals surface area contributed by atoms with E-state index in [0.29, 0.717) is 22.8 Å². The molecule has 134 valence electrons. The van der Waals surface area contributed by atoms with E-state index in [0.717, 1.165) is 4.41 Å². The Bertz CT molecular complexity index is 980. The highest BCUT2D eigenvalue weighted by atomic mass is 32.2. The summed E-state index contributed by atoms with van der Waals surface area (Å²) in [5, 5.41) is 0. The Hall–Kier alpha value is -2.81. The maximum atomic E-state index is 12.6. The van der Waals surface area contributed by atoms with Crippen molar-refractivity contribution in [2.75, 3.05) is 7.11 Å². The third kappa shape index (κ3) is 3.88. The van der Waals surface area contributed by atoms with Crippen molar-refractivity contribution in [2.24, 2.45) is 5.84 Å². The van der Waals surface area contributed by atoms with Gasteiger partial charge in [0, 0.05) is 18.3 Å². The van der Waals surface area contributed by atoms with Gasteiger partial charge in [0.15, 0.2) is 0 Å². The number of hydrazine groups is 1. The lowest BCUT2D eigenvalue weighted by molar-refractivity contribution is 0.403. The largest absolute Gasteiger partial charge is 0.497 e. The Morgan fingerprint density at radius 2 is 1.77 bits per heavy atom. The molecular formula is C18H18N4O3S. The van der Waals surface area contributed by atoms with Gasteiger partial charge in [-0.15, -0.1) is 4.41 Å². The van der Waals surface area contributed by atoms with Crippen LogP contribution in [0.5, 0.6) is 5.75 Å². The number of pyridine rings is 2. The van der Waals surface area contributed by atoms with Crippen LogP contribution in [0.25, 0.3) is 11.4 Å². The predicted octanol–water partition coefficient (Wildman–Crippen LogP) is 2.22. The number of methoxy groups -OCH3 is 1. The van der Waals surface area contributed by atoms with Gasteiger partial charge in [-0.2, -0.15) is 0 Å². The normalized spacial score (nSPS) is 11.5. The van der Waals surface area contributed by atoms with Crippen molar-refractivity contribution in [3.8, 4) is 17.1 Å². The first-order chi connectivity index (χ1) is 12.5. The molecule has 3 aromatic rings. The molecule has 0 amide bonds. The van der Waals surface area contributed by atoms with Crippen molar-refractivity contribution < 1.29 is 13.2 Å². The molecule has 2 heterocycles. The van der Waals surface area contributed by atoms with Crippen molar-refractivity contribution in [1.82, 2.24) is 14.4 Å². The zero-order valence-electron chi connectivity index (χ0n) is 14.1. The van der Waals surface area contributed by atoms with Crippen LogP contribution >= 0.6 is 0 Å². The van der Waals surface area contributed by atoms with E-state index in [2.05, 4.69) is 9.97 Å². The Labute approximate surface area is 152 Å². The summed E-state index contributed by atoms with van der Waals surface area (Å²) in [4.78, 5) is 8.85. The third-order valence-electron chi connectivity index (χ3n) is 3.68. The standard InChI is InChI=1S/C18H18N4O3S/c1-25-15-11-14(21-18(12-15)17-9-5-6-10-20-17)13-22(19)26(23,24)16-7-3-2-4-8-16/h2-12H,13,19H2,1H3. The molecule has 0 atom stereocenters. The van der Waals surface area contributed by atoms with Gasteiger partial charge < -0.3 is 4.74 Å². The molecular weight excluding hydrogens is 352 g/mol. The van der Waals surface area contributed by atoms with Gasteiger partial charge in [-0.1, -0.05) is 24.3 Å². The highest BCUT2D eigenvalue weighted by Gasteiger charge is 2.22. The first kappa shape index (κ1) is 18.0. The predicted molar refractivity (Wildman–Crippen MR) is 97.4 cm³/mol. The number of hydrogen-bond donors (Lipinski definition) is 1. The van der Waals surface area contributed by atoms with Crippen LogP contribution in [-0.2, 0) is 16.6 Å². The number of sulfonamides is 1. The zero-order valence-corrected chi connectivity index (χ0v) is 14.9. The van der Waals surface area contributed by atoms with Crippen LogP contribution < -0.4 is 10.6 Å². The highest BCUT2D eigenvalue weighted by molar-refractivity contribution is 7.89. The summed E-state index contributed by atoms with van der Waals surface area (Å²) in [5.74, 6) is 6.39. The lowest BCUT2D eigenvalue weighted by Gasteiger charge is -2.17. The molecule has 3 rings (SSSR count). The summed E-state index contributed by atoms with van der Waals surface area (Å²) in [6.07, 6.45) is 1.66. The molecule has 0 aliphatic rings. The van der Waals surface area contributed by atoms with Crippen molar-refractivity contribution in [3.05, 3.63) is 72.6 Å². The van der Waals surface area contributed by atoms with Gasteiger partial charge >= 0.3 is 0 Å². The van der Waals surface area contributed by atoms with Crippen LogP contribution in [0.15, 0.2) is 71.8 Å². The average Bonchev–Trinajstić information content (AvgIpc) is 2.69. The van der Waals surface area contributed by atoms with Crippen molar-refractivity contribution in [2.45, 2.75) is 11.4 Å². The smallest absolute Gasteiger partial charge is 0.255 e. The molecule has 0 saturated carbocycles. The first-order valence-corrected chi connectivity index (χ1v) is 9.23. The fourth-order valence-electron chi connectivity index (χ4n) is 2.38. The Morgan fingerprint density at radius 3 is 2.42 bits per heavy atom. The molecule has 0 aliphatic carbocycles. The van der Waals surface area contributed by atoms with Crippen LogP contribution in [0.3, 0.4) is 0 Å². The minimum Gasteiger partial charge on any atom is -0.497 e.